The molecule has 11 heteroatoms. The molecule has 7 nitrogen and oxygen atoms in total. The van der Waals surface area contributed by atoms with Crippen molar-refractivity contribution < 1.29 is 32.4 Å². The number of halogens is 4. The Labute approximate surface area is 144 Å². The number of nitro benzene ring substituents is 1. The van der Waals surface area contributed by atoms with E-state index in [0.717, 1.165) is 17.0 Å². The maximum absolute atomic E-state index is 13.9. The number of Topliss-reactive ketones (excluding diaryl/α,β-unsaturated/α-hetero) is 1. The van der Waals surface area contributed by atoms with E-state index in [2.05, 4.69) is 0 Å². The molecule has 1 unspecified atom stereocenters. The number of carbonyl (C=O) groups excluding carboxylic acids is 1. The van der Waals surface area contributed by atoms with Gasteiger partial charge in [0.2, 0.25) is 0 Å². The Bertz CT molecular complexity index is 736. The second-order valence-corrected chi connectivity index (χ2v) is 6.02. The summed E-state index contributed by atoms with van der Waals surface area (Å²) in [6.45, 7) is -0.0539. The average molecular weight is 381 g/mol. The van der Waals surface area contributed by atoms with E-state index in [9.17, 15) is 28.1 Å². The van der Waals surface area contributed by atoms with Crippen LogP contribution in [0.1, 0.15) is 16.8 Å². The number of morpholine rings is 1. The van der Waals surface area contributed by atoms with Crippen molar-refractivity contribution in [3.8, 4) is 5.75 Å². The van der Waals surface area contributed by atoms with E-state index in [1.165, 1.54) is 0 Å². The van der Waals surface area contributed by atoms with Crippen molar-refractivity contribution >= 4 is 23.1 Å². The fourth-order valence-corrected chi connectivity index (χ4v) is 3.27. The summed E-state index contributed by atoms with van der Waals surface area (Å²) < 4.78 is 51.9. The molecule has 1 fully saturated rings. The predicted octanol–water partition coefficient (Wildman–Crippen LogP) is 2.80. The van der Waals surface area contributed by atoms with E-state index in [1.54, 1.807) is 0 Å². The number of alkyl halides is 3. The van der Waals surface area contributed by atoms with Gasteiger partial charge in [-0.1, -0.05) is 11.6 Å². The Balaban J connectivity index is 2.13. The van der Waals surface area contributed by atoms with Crippen LogP contribution in [0.3, 0.4) is 0 Å². The Morgan fingerprint density at radius 2 is 1.92 bits per heavy atom. The molecule has 0 bridgehead atoms. The first-order chi connectivity index (χ1) is 11.7. The maximum Gasteiger partial charge on any atom is 0.443 e. The van der Waals surface area contributed by atoms with Crippen molar-refractivity contribution in [1.82, 2.24) is 4.90 Å². The highest BCUT2D eigenvalue weighted by Crippen LogP contribution is 2.48. The van der Waals surface area contributed by atoms with Gasteiger partial charge in [0, 0.05) is 13.1 Å². The molecule has 1 atom stereocenters. The molecule has 2 aliphatic rings. The van der Waals surface area contributed by atoms with Gasteiger partial charge in [0.25, 0.3) is 5.72 Å². The highest BCUT2D eigenvalue weighted by molar-refractivity contribution is 6.33. The zero-order valence-electron chi connectivity index (χ0n) is 12.6. The van der Waals surface area contributed by atoms with Crippen molar-refractivity contribution in [2.75, 3.05) is 26.3 Å². The van der Waals surface area contributed by atoms with Crippen LogP contribution in [0, 0.1) is 10.1 Å². The molecule has 0 N–H and O–H groups in total. The zero-order valence-corrected chi connectivity index (χ0v) is 13.4. The van der Waals surface area contributed by atoms with Crippen LogP contribution in [0.5, 0.6) is 5.75 Å². The number of benzene rings is 1. The molecule has 3 rings (SSSR count). The van der Waals surface area contributed by atoms with Crippen LogP contribution in [0.2, 0.25) is 5.02 Å². The van der Waals surface area contributed by atoms with Crippen molar-refractivity contribution in [2.24, 2.45) is 0 Å². The number of fused-ring (bicyclic) bond motifs is 1. The summed E-state index contributed by atoms with van der Waals surface area (Å²) in [7, 11) is 0. The summed E-state index contributed by atoms with van der Waals surface area (Å²) in [6, 6.07) is 2.08. The van der Waals surface area contributed by atoms with Gasteiger partial charge in [0.15, 0.2) is 5.78 Å². The summed E-state index contributed by atoms with van der Waals surface area (Å²) in [5, 5.41) is 10.8. The molecular weight excluding hydrogens is 369 g/mol. The molecule has 1 aromatic rings. The SMILES string of the molecule is O=C1CC(N2CCOCC2)(C(F)(F)F)Oc2ccc(Cl)c([N+](=O)[O-])c21. The maximum atomic E-state index is 13.9. The molecule has 0 aromatic heterocycles. The minimum atomic E-state index is -4.90. The minimum Gasteiger partial charge on any atom is -0.461 e. The van der Waals surface area contributed by atoms with Crippen LogP contribution in [0.25, 0.3) is 0 Å². The third kappa shape index (κ3) is 2.83. The lowest BCUT2D eigenvalue weighted by molar-refractivity contribution is -0.385. The smallest absolute Gasteiger partial charge is 0.443 e. The van der Waals surface area contributed by atoms with Crippen molar-refractivity contribution in [3.05, 3.63) is 32.8 Å². The van der Waals surface area contributed by atoms with Gasteiger partial charge in [-0.05, 0) is 12.1 Å². The third-order valence-electron chi connectivity index (χ3n) is 4.20. The second kappa shape index (κ2) is 6.11. The van der Waals surface area contributed by atoms with Crippen LogP contribution in [-0.4, -0.2) is 53.8 Å². The van der Waals surface area contributed by atoms with Gasteiger partial charge in [-0.3, -0.25) is 19.8 Å². The lowest BCUT2D eigenvalue weighted by Gasteiger charge is -2.47. The Morgan fingerprint density at radius 1 is 1.28 bits per heavy atom. The predicted molar refractivity (Wildman–Crippen MR) is 78.9 cm³/mol. The molecule has 136 valence electrons. The normalized spacial score (nSPS) is 24.6. The summed E-state index contributed by atoms with van der Waals surface area (Å²) in [5.74, 6) is -1.55. The third-order valence-corrected chi connectivity index (χ3v) is 4.50. The first-order valence-corrected chi connectivity index (χ1v) is 7.64. The number of ketones is 1. The van der Waals surface area contributed by atoms with Crippen LogP contribution in [0.15, 0.2) is 12.1 Å². The lowest BCUT2D eigenvalue weighted by Crippen LogP contribution is -2.67. The largest absolute Gasteiger partial charge is 0.461 e. The lowest BCUT2D eigenvalue weighted by atomic mass is 9.93. The fourth-order valence-electron chi connectivity index (χ4n) is 3.04. The van der Waals surface area contributed by atoms with Crippen molar-refractivity contribution in [2.45, 2.75) is 18.3 Å². The quantitative estimate of drug-likeness (QED) is 0.579. The van der Waals surface area contributed by atoms with E-state index in [1.807, 2.05) is 0 Å². The Hall–Kier alpha value is -1.91. The summed E-state index contributed by atoms with van der Waals surface area (Å²) in [5.41, 5.74) is -4.17. The van der Waals surface area contributed by atoms with Crippen LogP contribution in [0.4, 0.5) is 18.9 Å². The number of rotatable bonds is 2. The molecule has 1 saturated heterocycles. The molecule has 25 heavy (non-hydrogen) atoms. The fraction of sp³-hybridized carbons (Fsp3) is 0.500. The van der Waals surface area contributed by atoms with E-state index < -0.39 is 46.0 Å². The van der Waals surface area contributed by atoms with Gasteiger partial charge < -0.3 is 9.47 Å². The molecule has 0 radical (unpaired) electrons. The standard InChI is InChI=1S/C14H12ClF3N2O5/c15-8-1-2-10-11(12(8)20(22)23)9(21)7-13(25-10,14(16,17)18)19-3-5-24-6-4-19/h1-2H,3-7H2. The molecule has 1 aromatic carbocycles. The molecule has 2 heterocycles. The van der Waals surface area contributed by atoms with Gasteiger partial charge in [-0.15, -0.1) is 0 Å². The van der Waals surface area contributed by atoms with E-state index >= 15 is 0 Å². The second-order valence-electron chi connectivity index (χ2n) is 5.61. The van der Waals surface area contributed by atoms with Gasteiger partial charge in [0.05, 0.1) is 24.6 Å². The molecule has 0 spiro atoms. The highest BCUT2D eigenvalue weighted by Gasteiger charge is 2.64. The number of nitro groups is 1. The van der Waals surface area contributed by atoms with Crippen molar-refractivity contribution in [1.29, 1.82) is 0 Å². The topological polar surface area (TPSA) is 81.9 Å². The van der Waals surface area contributed by atoms with Gasteiger partial charge in [-0.25, -0.2) is 0 Å². The van der Waals surface area contributed by atoms with Crippen LogP contribution < -0.4 is 4.74 Å². The number of ether oxygens (including phenoxy) is 2. The highest BCUT2D eigenvalue weighted by atomic mass is 35.5. The number of nitrogens with zero attached hydrogens (tertiary/aromatic N) is 2. The minimum absolute atomic E-state index is 0.0585. The molecule has 0 amide bonds. The average Bonchev–Trinajstić information content (AvgIpc) is 2.54. The van der Waals surface area contributed by atoms with E-state index in [4.69, 9.17) is 21.1 Å². The number of hydrogen-bond acceptors (Lipinski definition) is 6. The van der Waals surface area contributed by atoms with E-state index in [-0.39, 0.29) is 31.3 Å². The molecule has 0 aliphatic carbocycles. The van der Waals surface area contributed by atoms with Gasteiger partial charge in [-0.2, -0.15) is 13.2 Å². The summed E-state index contributed by atoms with van der Waals surface area (Å²) in [4.78, 5) is 23.7. The van der Waals surface area contributed by atoms with Gasteiger partial charge >= 0.3 is 11.9 Å². The Kier molecular flexibility index (Phi) is 4.38. The first-order valence-electron chi connectivity index (χ1n) is 7.26. The van der Waals surface area contributed by atoms with Crippen molar-refractivity contribution in [3.63, 3.8) is 0 Å². The van der Waals surface area contributed by atoms with E-state index in [0.29, 0.717) is 0 Å². The zero-order chi connectivity index (χ0) is 18.4. The van der Waals surface area contributed by atoms with Gasteiger partial charge in [0.1, 0.15) is 16.3 Å². The number of carbonyl (C=O) groups is 1. The first kappa shape index (κ1) is 17.9. The molecule has 2 aliphatic heterocycles. The number of hydrogen-bond donors (Lipinski definition) is 0. The Morgan fingerprint density at radius 3 is 2.48 bits per heavy atom. The van der Waals surface area contributed by atoms with Crippen LogP contribution >= 0.6 is 11.6 Å². The molecule has 0 saturated carbocycles. The molecular formula is C14H12ClF3N2O5. The summed E-state index contributed by atoms with van der Waals surface area (Å²) in [6.07, 6.45) is -5.99. The summed E-state index contributed by atoms with van der Waals surface area (Å²) >= 11 is 5.73. The monoisotopic (exact) mass is 380 g/mol. The van der Waals surface area contributed by atoms with Crippen LogP contribution in [-0.2, 0) is 4.74 Å².